The van der Waals surface area contributed by atoms with Gasteiger partial charge in [0.25, 0.3) is 0 Å². The Kier molecular flexibility index (Phi) is 8.34. The van der Waals surface area contributed by atoms with E-state index in [0.29, 0.717) is 34.1 Å². The molecule has 9 nitrogen and oxygen atoms in total. The van der Waals surface area contributed by atoms with Crippen molar-refractivity contribution in [2.24, 2.45) is 10.9 Å². The number of benzene rings is 1. The lowest BCUT2D eigenvalue weighted by Gasteiger charge is -2.30. The van der Waals surface area contributed by atoms with Crippen molar-refractivity contribution in [3.8, 4) is 5.75 Å². The first-order chi connectivity index (χ1) is 16.5. The number of ketones is 1. The summed E-state index contributed by atoms with van der Waals surface area (Å²) < 4.78 is 5.57. The topological polar surface area (TPSA) is 120 Å². The highest BCUT2D eigenvalue weighted by Crippen LogP contribution is 2.37. The Labute approximate surface area is 200 Å². The van der Waals surface area contributed by atoms with Gasteiger partial charge in [0.2, 0.25) is 0 Å². The number of urea groups is 1. The number of amides is 2. The Morgan fingerprint density at radius 3 is 2.53 bits per heavy atom. The number of nitrogens with one attached hydrogen (secondary N) is 3. The van der Waals surface area contributed by atoms with Crippen molar-refractivity contribution >= 4 is 41.1 Å². The number of para-hydroxylation sites is 1. The number of Topliss-reactive ketones (excluding diaryl/α,β-unsaturated/α-hetero) is 1. The first-order valence-electron chi connectivity index (χ1n) is 11.6. The van der Waals surface area contributed by atoms with E-state index in [1.54, 1.807) is 42.3 Å². The summed E-state index contributed by atoms with van der Waals surface area (Å²) >= 11 is 0. The van der Waals surface area contributed by atoms with Gasteiger partial charge in [-0.1, -0.05) is 19.9 Å². The van der Waals surface area contributed by atoms with Crippen LogP contribution in [-0.2, 0) is 0 Å². The minimum Gasteiger partial charge on any atom is -0.494 e. The van der Waals surface area contributed by atoms with Gasteiger partial charge < -0.3 is 15.0 Å². The Hall–Kier alpha value is -3.75. The summed E-state index contributed by atoms with van der Waals surface area (Å²) in [4.78, 5) is 35.2. The molecule has 2 aromatic rings. The molecule has 1 aromatic heterocycles. The SMILES string of the molecule is CC.CC=NC(=N)c1cccc(Nc2cc(NC(=O)N3CCC3)ncc2C(=O)C2CC2)c1OC. The van der Waals surface area contributed by atoms with E-state index in [1.165, 1.54) is 13.3 Å². The molecule has 3 N–H and O–H groups in total. The average Bonchev–Trinajstić information content (AvgIpc) is 3.64. The molecule has 1 saturated heterocycles. The van der Waals surface area contributed by atoms with Crippen molar-refractivity contribution in [3.63, 3.8) is 0 Å². The Balaban J connectivity index is 0.00000158. The number of aliphatic imine (C=N–C) groups is 1. The monoisotopic (exact) mass is 464 g/mol. The number of likely N-dealkylation sites (tertiary alicyclic amines) is 1. The highest BCUT2D eigenvalue weighted by molar-refractivity contribution is 6.06. The van der Waals surface area contributed by atoms with Crippen LogP contribution in [0.4, 0.5) is 22.0 Å². The molecule has 0 radical (unpaired) electrons. The lowest BCUT2D eigenvalue weighted by Crippen LogP contribution is -2.44. The Morgan fingerprint density at radius 1 is 1.21 bits per heavy atom. The van der Waals surface area contributed by atoms with E-state index in [1.807, 2.05) is 13.8 Å². The fourth-order valence-corrected chi connectivity index (χ4v) is 3.48. The summed E-state index contributed by atoms with van der Waals surface area (Å²) in [6, 6.07) is 6.79. The predicted molar refractivity (Wildman–Crippen MR) is 135 cm³/mol. The second-order valence-corrected chi connectivity index (χ2v) is 7.77. The number of aromatic nitrogens is 1. The minimum absolute atomic E-state index is 0.0131. The highest BCUT2D eigenvalue weighted by atomic mass is 16.5. The number of ether oxygens (including phenoxy) is 1. The van der Waals surface area contributed by atoms with Crippen LogP contribution in [0, 0.1) is 11.3 Å². The molecule has 1 aliphatic heterocycles. The van der Waals surface area contributed by atoms with Gasteiger partial charge in [0.1, 0.15) is 5.82 Å². The van der Waals surface area contributed by atoms with Crippen LogP contribution in [0.15, 0.2) is 35.5 Å². The molecule has 0 unspecified atom stereocenters. The summed E-state index contributed by atoms with van der Waals surface area (Å²) in [6.07, 6.45) is 5.79. The second kappa shape index (κ2) is 11.4. The number of rotatable bonds is 7. The zero-order valence-electron chi connectivity index (χ0n) is 20.1. The summed E-state index contributed by atoms with van der Waals surface area (Å²) in [5, 5.41) is 14.2. The predicted octanol–water partition coefficient (Wildman–Crippen LogP) is 5.11. The van der Waals surface area contributed by atoms with Gasteiger partial charge in [0.15, 0.2) is 17.4 Å². The summed E-state index contributed by atoms with van der Waals surface area (Å²) in [5.74, 6) is 0.906. The van der Waals surface area contributed by atoms with Gasteiger partial charge >= 0.3 is 6.03 Å². The number of amidine groups is 1. The Morgan fingerprint density at radius 2 is 1.94 bits per heavy atom. The summed E-state index contributed by atoms with van der Waals surface area (Å²) in [7, 11) is 1.52. The molecule has 1 aromatic carbocycles. The van der Waals surface area contributed by atoms with Crippen molar-refractivity contribution in [1.82, 2.24) is 9.88 Å². The number of pyridine rings is 1. The van der Waals surface area contributed by atoms with Crippen LogP contribution in [-0.4, -0.2) is 53.9 Å². The number of carbonyl (C=O) groups is 2. The third kappa shape index (κ3) is 5.59. The third-order valence-corrected chi connectivity index (χ3v) is 5.50. The first kappa shape index (κ1) is 24.9. The molecule has 2 fully saturated rings. The average molecular weight is 465 g/mol. The minimum atomic E-state index is -0.207. The van der Waals surface area contributed by atoms with Crippen molar-refractivity contribution in [3.05, 3.63) is 41.6 Å². The van der Waals surface area contributed by atoms with E-state index in [-0.39, 0.29) is 23.6 Å². The number of carbonyl (C=O) groups excluding carboxylic acids is 2. The van der Waals surface area contributed by atoms with Crippen molar-refractivity contribution in [2.45, 2.75) is 40.0 Å². The number of nitrogens with zero attached hydrogens (tertiary/aromatic N) is 3. The number of methoxy groups -OCH3 is 1. The van der Waals surface area contributed by atoms with E-state index >= 15 is 0 Å². The van der Waals surface area contributed by atoms with Crippen LogP contribution in [0.5, 0.6) is 5.75 Å². The molecule has 2 amide bonds. The maximum absolute atomic E-state index is 12.9. The van der Waals surface area contributed by atoms with E-state index < -0.39 is 0 Å². The maximum atomic E-state index is 12.9. The fraction of sp³-hybridized carbons (Fsp3) is 0.400. The molecule has 9 heteroatoms. The largest absolute Gasteiger partial charge is 0.494 e. The molecule has 1 aliphatic carbocycles. The molecule has 180 valence electrons. The molecular formula is C25H32N6O3. The smallest absolute Gasteiger partial charge is 0.323 e. The number of hydrogen-bond acceptors (Lipinski definition) is 6. The zero-order chi connectivity index (χ0) is 24.7. The van der Waals surface area contributed by atoms with Crippen LogP contribution in [0.25, 0.3) is 0 Å². The normalized spacial score (nSPS) is 14.5. The summed E-state index contributed by atoms with van der Waals surface area (Å²) in [6.45, 7) is 7.20. The van der Waals surface area contributed by atoms with Crippen molar-refractivity contribution in [2.75, 3.05) is 30.8 Å². The van der Waals surface area contributed by atoms with Crippen molar-refractivity contribution in [1.29, 1.82) is 5.41 Å². The van der Waals surface area contributed by atoms with Crippen LogP contribution in [0.1, 0.15) is 56.0 Å². The number of hydrogen-bond donors (Lipinski definition) is 3. The maximum Gasteiger partial charge on any atom is 0.323 e. The van der Waals surface area contributed by atoms with Gasteiger partial charge in [0.05, 0.1) is 29.6 Å². The summed E-state index contributed by atoms with van der Waals surface area (Å²) in [5.41, 5.74) is 2.09. The van der Waals surface area contributed by atoms with Gasteiger partial charge in [-0.25, -0.2) is 14.8 Å². The van der Waals surface area contributed by atoms with Crippen LogP contribution in [0.2, 0.25) is 0 Å². The van der Waals surface area contributed by atoms with E-state index in [2.05, 4.69) is 20.6 Å². The van der Waals surface area contributed by atoms with Crippen molar-refractivity contribution < 1.29 is 14.3 Å². The van der Waals surface area contributed by atoms with E-state index in [9.17, 15) is 9.59 Å². The van der Waals surface area contributed by atoms with Crippen LogP contribution < -0.4 is 15.4 Å². The van der Waals surface area contributed by atoms with E-state index in [0.717, 1.165) is 32.4 Å². The van der Waals surface area contributed by atoms with Gasteiger partial charge in [-0.15, -0.1) is 0 Å². The highest BCUT2D eigenvalue weighted by Gasteiger charge is 2.32. The van der Waals surface area contributed by atoms with Gasteiger partial charge in [-0.05, 0) is 38.3 Å². The van der Waals surface area contributed by atoms with Crippen LogP contribution in [0.3, 0.4) is 0 Å². The number of anilines is 3. The third-order valence-electron chi connectivity index (χ3n) is 5.50. The molecule has 4 rings (SSSR count). The molecular weight excluding hydrogens is 432 g/mol. The molecule has 2 aliphatic rings. The standard InChI is InChI=1S/C23H26N6O3.C2H6/c1-3-25-22(24)15-6-4-7-17(21(15)32-2)27-18-12-19(28-23(31)29-10-5-11-29)26-13-16(18)20(30)14-8-9-14;1-2/h3-4,6-7,12-14,24H,5,8-11H2,1-2H3,(H2,26,27,28,31);1-2H3. The lowest BCUT2D eigenvalue weighted by molar-refractivity contribution is 0.0968. The zero-order valence-corrected chi connectivity index (χ0v) is 20.1. The molecule has 0 atom stereocenters. The fourth-order valence-electron chi connectivity index (χ4n) is 3.48. The molecule has 2 heterocycles. The van der Waals surface area contributed by atoms with Crippen LogP contribution >= 0.6 is 0 Å². The van der Waals surface area contributed by atoms with E-state index in [4.69, 9.17) is 10.1 Å². The lowest BCUT2D eigenvalue weighted by atomic mass is 10.1. The Bertz CT molecular complexity index is 1090. The van der Waals surface area contributed by atoms with Gasteiger partial charge in [-0.3, -0.25) is 15.5 Å². The molecule has 0 bridgehead atoms. The molecule has 1 saturated carbocycles. The van der Waals surface area contributed by atoms with Gasteiger partial charge in [0, 0.05) is 37.5 Å². The van der Waals surface area contributed by atoms with Gasteiger partial charge in [-0.2, -0.15) is 0 Å². The molecule has 0 spiro atoms. The molecule has 34 heavy (non-hydrogen) atoms. The quantitative estimate of drug-likeness (QED) is 0.299. The first-order valence-corrected chi connectivity index (χ1v) is 11.6. The second-order valence-electron chi connectivity index (χ2n) is 7.77.